The van der Waals surface area contributed by atoms with Gasteiger partial charge < -0.3 is 33.3 Å². The van der Waals surface area contributed by atoms with E-state index < -0.39 is 24.3 Å². The lowest BCUT2D eigenvalue weighted by Crippen LogP contribution is -2.44. The van der Waals surface area contributed by atoms with E-state index in [1.54, 1.807) is 0 Å². The number of likely N-dealkylation sites (N-methyl/N-ethyl adjacent to an activating group) is 1. The van der Waals surface area contributed by atoms with Crippen molar-refractivity contribution in [1.29, 1.82) is 0 Å². The lowest BCUT2D eigenvalue weighted by Gasteiger charge is -2.26. The molecule has 0 bridgehead atoms. The summed E-state index contributed by atoms with van der Waals surface area (Å²) in [6.45, 7) is 4.70. The fourth-order valence-corrected chi connectivity index (χ4v) is 13.8. The molecule has 0 rings (SSSR count). The van der Waals surface area contributed by atoms with E-state index in [2.05, 4.69) is 111 Å². The molecular formula is C98H177NO8. The van der Waals surface area contributed by atoms with Crippen LogP contribution in [-0.4, -0.2) is 82.3 Å². The number of quaternary nitrogens is 1. The quantitative estimate of drug-likeness (QED) is 0.0195. The number of hydrogen-bond donors (Lipinski definition) is 0. The molecule has 9 heteroatoms. The summed E-state index contributed by atoms with van der Waals surface area (Å²) in [6.07, 6.45) is 120. The van der Waals surface area contributed by atoms with Gasteiger partial charge in [0.15, 0.2) is 12.4 Å². The van der Waals surface area contributed by atoms with Crippen LogP contribution in [0, 0.1) is 0 Å². The largest absolute Gasteiger partial charge is 0.545 e. The Bertz CT molecular complexity index is 2100. The number of hydrogen-bond acceptors (Lipinski definition) is 8. The van der Waals surface area contributed by atoms with Crippen LogP contribution in [0.3, 0.4) is 0 Å². The van der Waals surface area contributed by atoms with E-state index in [-0.39, 0.29) is 32.2 Å². The molecule has 0 aromatic rings. The van der Waals surface area contributed by atoms with Crippen LogP contribution in [0.2, 0.25) is 0 Å². The second-order valence-corrected chi connectivity index (χ2v) is 32.6. The highest BCUT2D eigenvalue weighted by molar-refractivity contribution is 5.70. The molecule has 0 saturated heterocycles. The Morgan fingerprint density at radius 3 is 0.804 bits per heavy atom. The molecule has 0 heterocycles. The van der Waals surface area contributed by atoms with Crippen LogP contribution >= 0.6 is 0 Å². The Hall–Kier alpha value is -3.79. The summed E-state index contributed by atoms with van der Waals surface area (Å²) in [4.78, 5) is 37.7. The van der Waals surface area contributed by atoms with Crippen molar-refractivity contribution in [3.63, 3.8) is 0 Å². The van der Waals surface area contributed by atoms with Crippen molar-refractivity contribution in [2.45, 2.75) is 463 Å². The van der Waals surface area contributed by atoms with E-state index in [0.29, 0.717) is 23.9 Å². The van der Waals surface area contributed by atoms with Crippen LogP contribution < -0.4 is 5.11 Å². The molecule has 0 saturated carbocycles. The number of rotatable bonds is 87. The molecule has 0 aromatic carbocycles. The normalized spacial score (nSPS) is 13.0. The molecule has 622 valence electrons. The van der Waals surface area contributed by atoms with Gasteiger partial charge >= 0.3 is 11.9 Å². The monoisotopic (exact) mass is 1500 g/mol. The molecule has 0 aliphatic heterocycles. The first kappa shape index (κ1) is 103. The molecular weight excluding hydrogens is 1320 g/mol. The molecule has 0 aromatic heterocycles. The van der Waals surface area contributed by atoms with Gasteiger partial charge in [0, 0.05) is 12.8 Å². The summed E-state index contributed by atoms with van der Waals surface area (Å²) in [5, 5.41) is 11.9. The van der Waals surface area contributed by atoms with E-state index in [9.17, 15) is 19.5 Å². The van der Waals surface area contributed by atoms with Crippen molar-refractivity contribution >= 4 is 17.9 Å². The first-order valence-electron chi connectivity index (χ1n) is 46.4. The summed E-state index contributed by atoms with van der Waals surface area (Å²) < 4.78 is 22.9. The number of carbonyl (C=O) groups excluding carboxylic acids is 3. The van der Waals surface area contributed by atoms with Crippen molar-refractivity contribution in [3.05, 3.63) is 97.2 Å². The zero-order valence-corrected chi connectivity index (χ0v) is 71.5. The molecule has 0 fully saturated rings. The van der Waals surface area contributed by atoms with Crippen LogP contribution in [0.5, 0.6) is 0 Å². The van der Waals surface area contributed by atoms with Crippen LogP contribution in [0.4, 0.5) is 0 Å². The summed E-state index contributed by atoms with van der Waals surface area (Å²) in [6, 6.07) is 0. The van der Waals surface area contributed by atoms with Gasteiger partial charge in [-0.05, 0) is 96.3 Å². The van der Waals surface area contributed by atoms with E-state index in [1.165, 1.54) is 340 Å². The van der Waals surface area contributed by atoms with Gasteiger partial charge in [0.05, 0.1) is 40.3 Å². The molecule has 0 aliphatic carbocycles. The van der Waals surface area contributed by atoms with E-state index in [4.69, 9.17) is 18.9 Å². The molecule has 2 unspecified atom stereocenters. The SMILES string of the molecule is CC/C=C\C/C=C\C/C=C\C/C=C\C/C=C\C/C=C\C/C=C\CCCCCCCCCCCCCCCCCCCCCC(=O)OC(COC(=O)CCCCCCCCCCCCCCCCCCCCCCCCCCCCCCC/C=C\CCCCCCCCCC)COC(OCC[N+](C)(C)C)C(=O)[O-]. The second-order valence-electron chi connectivity index (χ2n) is 32.6. The number of unbranched alkanes of at least 4 members (excludes halogenated alkanes) is 56. The van der Waals surface area contributed by atoms with Crippen molar-refractivity contribution in [2.24, 2.45) is 0 Å². The van der Waals surface area contributed by atoms with Gasteiger partial charge in [-0.15, -0.1) is 0 Å². The number of ether oxygens (including phenoxy) is 4. The zero-order chi connectivity index (χ0) is 77.4. The highest BCUT2D eigenvalue weighted by Gasteiger charge is 2.22. The van der Waals surface area contributed by atoms with Crippen LogP contribution in [0.1, 0.15) is 450 Å². The Kier molecular flexibility index (Phi) is 84.7. The van der Waals surface area contributed by atoms with Crippen molar-refractivity contribution in [3.8, 4) is 0 Å². The molecule has 107 heavy (non-hydrogen) atoms. The lowest BCUT2D eigenvalue weighted by molar-refractivity contribution is -0.870. The Morgan fingerprint density at radius 2 is 0.533 bits per heavy atom. The summed E-state index contributed by atoms with van der Waals surface area (Å²) in [5.41, 5.74) is 0. The van der Waals surface area contributed by atoms with Gasteiger partial charge in [0.1, 0.15) is 13.2 Å². The maximum atomic E-state index is 13.0. The van der Waals surface area contributed by atoms with E-state index in [0.717, 1.165) is 77.0 Å². The Morgan fingerprint density at radius 1 is 0.290 bits per heavy atom. The topological polar surface area (TPSA) is 111 Å². The van der Waals surface area contributed by atoms with Crippen molar-refractivity contribution in [1.82, 2.24) is 0 Å². The minimum absolute atomic E-state index is 0.149. The predicted molar refractivity (Wildman–Crippen MR) is 463 cm³/mol. The maximum absolute atomic E-state index is 13.0. The maximum Gasteiger partial charge on any atom is 0.306 e. The molecule has 0 amide bonds. The zero-order valence-electron chi connectivity index (χ0n) is 71.5. The fourth-order valence-electron chi connectivity index (χ4n) is 13.8. The Labute approximate surface area is 664 Å². The fraction of sp³-hybridized carbons (Fsp3) is 0.806. The van der Waals surface area contributed by atoms with Gasteiger partial charge in [-0.2, -0.15) is 0 Å². The van der Waals surface area contributed by atoms with Crippen molar-refractivity contribution < 1.29 is 42.9 Å². The number of carboxylic acids is 1. The third kappa shape index (κ3) is 89.3. The second kappa shape index (κ2) is 87.8. The van der Waals surface area contributed by atoms with Gasteiger partial charge in [0.2, 0.25) is 0 Å². The molecule has 0 aliphatic rings. The number of carboxylic acid groups (broad SMARTS) is 1. The minimum Gasteiger partial charge on any atom is -0.545 e. The molecule has 2 atom stereocenters. The molecule has 0 radical (unpaired) electrons. The molecule has 9 nitrogen and oxygen atoms in total. The summed E-state index contributed by atoms with van der Waals surface area (Å²) in [5.74, 6) is -2.25. The third-order valence-electron chi connectivity index (χ3n) is 20.8. The highest BCUT2D eigenvalue weighted by atomic mass is 16.7. The Balaban J connectivity index is 3.91. The van der Waals surface area contributed by atoms with E-state index in [1.807, 2.05) is 21.1 Å². The standard InChI is InChI=1S/C98H177NO8/c1-6-8-10-12-14-16-18-20-22-24-26-28-30-32-34-36-38-40-42-44-46-48-50-52-54-56-58-60-62-64-66-68-70-72-74-76-78-80-82-84-86-88-95(100)105-92-94(93-106-98(97(102)103)104-91-90-99(3,4)5)107-96(101)89-87-85-83-81-79-77-75-73-71-69-67-65-63-61-59-57-55-53-51-49-47-45-43-41-39-37-35-33-31-29-27-25-23-21-19-17-15-13-11-9-7-2/h9,11,15,17,21,23-24,26-27,29,33,35,39,41,45,47,94,98H,6-8,10,12-14,16,18-20,22,25,28,30-32,34,36-38,40,42-44,46,48-93H2,1-5H3/b11-9-,17-15-,23-21-,26-24-,29-27-,35-33-,41-39-,47-45-. The average Bonchev–Trinajstić information content (AvgIpc) is 0.965. The number of aliphatic carboxylic acids is 1. The lowest BCUT2D eigenvalue weighted by atomic mass is 10.0. The summed E-state index contributed by atoms with van der Waals surface area (Å²) in [7, 11) is 5.95. The van der Waals surface area contributed by atoms with Crippen LogP contribution in [0.15, 0.2) is 97.2 Å². The molecule has 0 spiro atoms. The minimum atomic E-state index is -1.62. The summed E-state index contributed by atoms with van der Waals surface area (Å²) >= 11 is 0. The number of nitrogens with zero attached hydrogens (tertiary/aromatic N) is 1. The van der Waals surface area contributed by atoms with Crippen LogP contribution in [0.25, 0.3) is 0 Å². The number of allylic oxidation sites excluding steroid dienone is 16. The predicted octanol–water partition coefficient (Wildman–Crippen LogP) is 29.3. The number of esters is 2. The van der Waals surface area contributed by atoms with E-state index >= 15 is 0 Å². The van der Waals surface area contributed by atoms with Crippen molar-refractivity contribution in [2.75, 3.05) is 47.5 Å². The van der Waals surface area contributed by atoms with Gasteiger partial charge in [-0.25, -0.2) is 0 Å². The van der Waals surface area contributed by atoms with Crippen LogP contribution in [-0.2, 0) is 33.3 Å². The smallest absolute Gasteiger partial charge is 0.306 e. The first-order chi connectivity index (χ1) is 52.6. The van der Waals surface area contributed by atoms with Gasteiger partial charge in [-0.1, -0.05) is 439 Å². The van der Waals surface area contributed by atoms with Gasteiger partial charge in [-0.3, -0.25) is 9.59 Å². The first-order valence-corrected chi connectivity index (χ1v) is 46.4. The number of carbonyl (C=O) groups is 3. The third-order valence-corrected chi connectivity index (χ3v) is 20.8. The molecule has 0 N–H and O–H groups in total. The highest BCUT2D eigenvalue weighted by Crippen LogP contribution is 2.21. The van der Waals surface area contributed by atoms with Gasteiger partial charge in [0.25, 0.3) is 0 Å². The average molecular weight is 1500 g/mol.